The molecule has 196 valence electrons. The zero-order valence-corrected chi connectivity index (χ0v) is 22.2. The maximum absolute atomic E-state index is 13.2. The molecular formula is C24H26FN5O5S2. The molecule has 1 saturated heterocycles. The van der Waals surface area contributed by atoms with Gasteiger partial charge in [0, 0.05) is 37.4 Å². The number of rotatable bonds is 9. The van der Waals surface area contributed by atoms with Crippen molar-refractivity contribution in [3.8, 4) is 17.2 Å². The van der Waals surface area contributed by atoms with Crippen LogP contribution < -0.4 is 24.4 Å². The number of hydrogen-bond donors (Lipinski definition) is 1. The second kappa shape index (κ2) is 12.1. The molecule has 13 heteroatoms. The van der Waals surface area contributed by atoms with Crippen LogP contribution in [0.15, 0.2) is 40.7 Å². The van der Waals surface area contributed by atoms with E-state index in [4.69, 9.17) is 14.2 Å². The molecule has 0 saturated carbocycles. The Morgan fingerprint density at radius 1 is 1.00 bits per heavy atom. The molecule has 0 spiro atoms. The third kappa shape index (κ3) is 6.41. The van der Waals surface area contributed by atoms with E-state index in [1.165, 1.54) is 56.6 Å². The van der Waals surface area contributed by atoms with Crippen LogP contribution in [-0.4, -0.2) is 80.2 Å². The lowest BCUT2D eigenvalue weighted by Gasteiger charge is -2.36. The lowest BCUT2D eigenvalue weighted by Crippen LogP contribution is -2.49. The number of amides is 2. The quantitative estimate of drug-likeness (QED) is 0.319. The number of hydrogen-bond acceptors (Lipinski definition) is 10. The first-order chi connectivity index (χ1) is 17.9. The fraction of sp³-hybridized carbons (Fsp3) is 0.333. The number of benzene rings is 2. The van der Waals surface area contributed by atoms with E-state index in [0.29, 0.717) is 58.5 Å². The van der Waals surface area contributed by atoms with E-state index in [1.54, 1.807) is 29.2 Å². The molecule has 1 aliphatic rings. The number of thioether (sulfide) groups is 1. The van der Waals surface area contributed by atoms with Crippen molar-refractivity contribution in [1.29, 1.82) is 0 Å². The molecule has 0 unspecified atom stereocenters. The number of nitrogens with one attached hydrogen (secondary N) is 1. The smallest absolute Gasteiger partial charge is 0.257 e. The second-order valence-electron chi connectivity index (χ2n) is 7.87. The molecular weight excluding hydrogens is 521 g/mol. The summed E-state index contributed by atoms with van der Waals surface area (Å²) in [6.45, 7) is 2.53. The van der Waals surface area contributed by atoms with E-state index in [-0.39, 0.29) is 17.5 Å². The highest BCUT2D eigenvalue weighted by molar-refractivity contribution is 8.01. The average molecular weight is 548 g/mol. The van der Waals surface area contributed by atoms with Gasteiger partial charge in [0.2, 0.25) is 16.8 Å². The second-order valence-corrected chi connectivity index (χ2v) is 10.1. The van der Waals surface area contributed by atoms with Crippen molar-refractivity contribution in [3.05, 3.63) is 47.8 Å². The summed E-state index contributed by atoms with van der Waals surface area (Å²) in [5, 5.41) is 11.1. The van der Waals surface area contributed by atoms with Crippen LogP contribution in [0.5, 0.6) is 17.2 Å². The molecule has 10 nitrogen and oxygen atoms in total. The highest BCUT2D eigenvalue weighted by Crippen LogP contribution is 2.38. The van der Waals surface area contributed by atoms with Crippen molar-refractivity contribution >= 4 is 45.7 Å². The molecule has 2 heterocycles. The number of carbonyl (C=O) groups excluding carboxylic acids is 2. The monoisotopic (exact) mass is 547 g/mol. The SMILES string of the molecule is COc1cc(C(=O)Nc2nnc(SCC(=O)N3CCN(c4ccc(F)cc4)CC3)s2)cc(OC)c1OC. The lowest BCUT2D eigenvalue weighted by molar-refractivity contribution is -0.128. The van der Waals surface area contributed by atoms with Crippen LogP contribution in [0.3, 0.4) is 0 Å². The van der Waals surface area contributed by atoms with Gasteiger partial charge in [0.25, 0.3) is 5.91 Å². The van der Waals surface area contributed by atoms with Crippen molar-refractivity contribution in [3.63, 3.8) is 0 Å². The molecule has 1 fully saturated rings. The van der Waals surface area contributed by atoms with Gasteiger partial charge in [0.05, 0.1) is 27.1 Å². The van der Waals surface area contributed by atoms with Crippen LogP contribution in [0.25, 0.3) is 0 Å². The Morgan fingerprint density at radius 2 is 1.65 bits per heavy atom. The first-order valence-corrected chi connectivity index (χ1v) is 13.1. The number of nitrogens with zero attached hydrogens (tertiary/aromatic N) is 4. The number of carbonyl (C=O) groups is 2. The molecule has 1 aliphatic heterocycles. The fourth-order valence-corrected chi connectivity index (χ4v) is 5.43. The predicted octanol–water partition coefficient (Wildman–Crippen LogP) is 3.40. The highest BCUT2D eigenvalue weighted by atomic mass is 32.2. The molecule has 2 amide bonds. The molecule has 0 atom stereocenters. The Bertz CT molecular complexity index is 1220. The Morgan fingerprint density at radius 3 is 2.24 bits per heavy atom. The largest absolute Gasteiger partial charge is 0.493 e. The van der Waals surface area contributed by atoms with Gasteiger partial charge in [-0.2, -0.15) is 0 Å². The number of anilines is 2. The minimum Gasteiger partial charge on any atom is -0.493 e. The van der Waals surface area contributed by atoms with Gasteiger partial charge in [0.15, 0.2) is 15.8 Å². The summed E-state index contributed by atoms with van der Waals surface area (Å²) >= 11 is 2.46. The number of halogens is 1. The van der Waals surface area contributed by atoms with E-state index in [0.717, 1.165) is 5.69 Å². The standard InChI is InChI=1S/C24H26FN5O5S2/c1-33-18-12-15(13-19(34-2)21(18)35-3)22(32)26-23-27-28-24(37-23)36-14-20(31)30-10-8-29(9-11-30)17-6-4-16(25)5-7-17/h4-7,12-13H,8-11,14H2,1-3H3,(H,26,27,32). The van der Waals surface area contributed by atoms with E-state index in [2.05, 4.69) is 20.4 Å². The van der Waals surface area contributed by atoms with Gasteiger partial charge in [-0.1, -0.05) is 23.1 Å². The van der Waals surface area contributed by atoms with E-state index >= 15 is 0 Å². The summed E-state index contributed by atoms with van der Waals surface area (Å²) in [5.74, 6) is 0.637. The third-order valence-electron chi connectivity index (χ3n) is 5.70. The van der Waals surface area contributed by atoms with Crippen LogP contribution in [0, 0.1) is 5.82 Å². The van der Waals surface area contributed by atoms with Crippen molar-refractivity contribution in [2.75, 3.05) is 63.5 Å². The molecule has 2 aromatic carbocycles. The van der Waals surface area contributed by atoms with Gasteiger partial charge < -0.3 is 24.0 Å². The van der Waals surface area contributed by atoms with Crippen LogP contribution in [0.1, 0.15) is 10.4 Å². The Labute approximate surface area is 221 Å². The van der Waals surface area contributed by atoms with Crippen LogP contribution in [0.4, 0.5) is 15.2 Å². The van der Waals surface area contributed by atoms with Gasteiger partial charge in [-0.05, 0) is 36.4 Å². The van der Waals surface area contributed by atoms with E-state index in [1.807, 2.05) is 0 Å². The number of aromatic nitrogens is 2. The zero-order valence-electron chi connectivity index (χ0n) is 20.5. The maximum atomic E-state index is 13.2. The lowest BCUT2D eigenvalue weighted by atomic mass is 10.1. The van der Waals surface area contributed by atoms with Gasteiger partial charge in [-0.25, -0.2) is 4.39 Å². The number of methoxy groups -OCH3 is 3. The summed E-state index contributed by atoms with van der Waals surface area (Å²) in [7, 11) is 4.43. The summed E-state index contributed by atoms with van der Waals surface area (Å²) in [4.78, 5) is 29.4. The summed E-state index contributed by atoms with van der Waals surface area (Å²) in [5.41, 5.74) is 1.24. The average Bonchev–Trinajstić information content (AvgIpc) is 3.38. The predicted molar refractivity (Wildman–Crippen MR) is 140 cm³/mol. The maximum Gasteiger partial charge on any atom is 0.257 e. The van der Waals surface area contributed by atoms with Gasteiger partial charge in [-0.15, -0.1) is 10.2 Å². The van der Waals surface area contributed by atoms with Crippen LogP contribution in [-0.2, 0) is 4.79 Å². The third-order valence-corrected chi connectivity index (χ3v) is 7.65. The Hall–Kier alpha value is -3.58. The number of ether oxygens (including phenoxy) is 3. The molecule has 3 aromatic rings. The first-order valence-electron chi connectivity index (χ1n) is 11.3. The van der Waals surface area contributed by atoms with Crippen molar-refractivity contribution < 1.29 is 28.2 Å². The van der Waals surface area contributed by atoms with Crippen molar-refractivity contribution in [2.45, 2.75) is 4.34 Å². The van der Waals surface area contributed by atoms with Gasteiger partial charge >= 0.3 is 0 Å². The Balaban J connectivity index is 1.28. The molecule has 1 N–H and O–H groups in total. The van der Waals surface area contributed by atoms with Gasteiger partial charge in [-0.3, -0.25) is 14.9 Å². The zero-order chi connectivity index (χ0) is 26.4. The Kier molecular flexibility index (Phi) is 8.66. The van der Waals surface area contributed by atoms with E-state index < -0.39 is 5.91 Å². The summed E-state index contributed by atoms with van der Waals surface area (Å²) in [6, 6.07) is 9.45. The van der Waals surface area contributed by atoms with Gasteiger partial charge in [0.1, 0.15) is 5.82 Å². The van der Waals surface area contributed by atoms with Crippen LogP contribution >= 0.6 is 23.1 Å². The fourth-order valence-electron chi connectivity index (χ4n) is 3.78. The molecule has 0 radical (unpaired) electrons. The summed E-state index contributed by atoms with van der Waals surface area (Å²) in [6.07, 6.45) is 0. The van der Waals surface area contributed by atoms with Crippen molar-refractivity contribution in [2.24, 2.45) is 0 Å². The highest BCUT2D eigenvalue weighted by Gasteiger charge is 2.22. The molecule has 37 heavy (non-hydrogen) atoms. The minimum absolute atomic E-state index is 0.00182. The van der Waals surface area contributed by atoms with Crippen LogP contribution in [0.2, 0.25) is 0 Å². The topological polar surface area (TPSA) is 106 Å². The molecule has 0 bridgehead atoms. The number of piperazine rings is 1. The molecule has 0 aliphatic carbocycles. The molecule has 1 aromatic heterocycles. The summed E-state index contributed by atoms with van der Waals surface area (Å²) < 4.78 is 29.6. The van der Waals surface area contributed by atoms with E-state index in [9.17, 15) is 14.0 Å². The van der Waals surface area contributed by atoms with Crippen molar-refractivity contribution in [1.82, 2.24) is 15.1 Å². The molecule has 4 rings (SSSR count). The normalized spacial score (nSPS) is 13.3. The minimum atomic E-state index is -0.415. The first kappa shape index (κ1) is 26.5.